The van der Waals surface area contributed by atoms with Crippen LogP contribution >= 0.6 is 43.1 Å². The van der Waals surface area contributed by atoms with Crippen LogP contribution in [0.25, 0.3) is 0 Å². The van der Waals surface area contributed by atoms with Crippen molar-refractivity contribution >= 4 is 72.1 Å². The highest BCUT2D eigenvalue weighted by Gasteiger charge is 2.44. The Kier molecular flexibility index (Phi) is 33.8. The van der Waals surface area contributed by atoms with Crippen molar-refractivity contribution in [3.63, 3.8) is 0 Å². The van der Waals surface area contributed by atoms with Gasteiger partial charge in [0.15, 0.2) is 17.3 Å². The lowest BCUT2D eigenvalue weighted by molar-refractivity contribution is -0.181. The third-order valence-corrected chi connectivity index (χ3v) is 18.7. The van der Waals surface area contributed by atoms with E-state index < -0.39 is 173 Å². The van der Waals surface area contributed by atoms with Gasteiger partial charge < -0.3 is 84.6 Å². The van der Waals surface area contributed by atoms with Gasteiger partial charge in [0.2, 0.25) is 5.91 Å². The van der Waals surface area contributed by atoms with Gasteiger partial charge in [-0.15, -0.1) is 35.3 Å². The number of carbonyl (C=O) groups excluding carboxylic acids is 5. The first-order chi connectivity index (χ1) is 37.0. The first-order valence-corrected chi connectivity index (χ1v) is 31.0. The minimum Gasteiger partial charge on any atom is -0.394 e. The quantitative estimate of drug-likeness (QED) is 0.0164. The van der Waals surface area contributed by atoms with E-state index in [1.54, 1.807) is 20.8 Å². The summed E-state index contributed by atoms with van der Waals surface area (Å²) in [6.07, 6.45) is -7.52. The van der Waals surface area contributed by atoms with Gasteiger partial charge in [-0.2, -0.15) is 0 Å². The zero-order chi connectivity index (χ0) is 58.0. The summed E-state index contributed by atoms with van der Waals surface area (Å²) in [5, 5.41) is 92.5. The Morgan fingerprint density at radius 1 is 0.538 bits per heavy atom. The number of ketones is 4. The van der Waals surface area contributed by atoms with E-state index in [2.05, 4.69) is 14.4 Å². The predicted octanol–water partition coefficient (Wildman–Crippen LogP) is -0.148. The summed E-state index contributed by atoms with van der Waals surface area (Å²) in [7, 11) is -3.54. The van der Waals surface area contributed by atoms with Crippen LogP contribution in [0.15, 0.2) is 0 Å². The van der Waals surface area contributed by atoms with Crippen LogP contribution in [-0.2, 0) is 66.0 Å². The first kappa shape index (κ1) is 71.0. The Morgan fingerprint density at radius 2 is 0.872 bits per heavy atom. The Hall–Kier alpha value is -1.29. The van der Waals surface area contributed by atoms with Gasteiger partial charge in [-0.25, -0.2) is 4.57 Å². The van der Waals surface area contributed by atoms with E-state index in [1.807, 2.05) is 0 Å². The highest BCUT2D eigenvalue weighted by molar-refractivity contribution is 8.00. The molecule has 7 unspecified atom stereocenters. The summed E-state index contributed by atoms with van der Waals surface area (Å²) in [5.74, 6) is -2.07. The van der Waals surface area contributed by atoms with E-state index in [1.165, 1.54) is 35.3 Å². The average molecular weight is 1200 g/mol. The van der Waals surface area contributed by atoms with Gasteiger partial charge in [0.25, 0.3) is 0 Å². The summed E-state index contributed by atoms with van der Waals surface area (Å²) < 4.78 is 55.7. The Balaban J connectivity index is 1.65. The number of nitrogens with one attached hydrogen (secondary N) is 1. The molecular formula is C49H86NO24PS3. The summed E-state index contributed by atoms with van der Waals surface area (Å²) in [4.78, 5) is 75.4. The number of phosphoric ester groups is 1. The third kappa shape index (κ3) is 24.5. The molecule has 3 aliphatic heterocycles. The number of aliphatic hydroxyl groups is 9. The van der Waals surface area contributed by atoms with Gasteiger partial charge in [0.05, 0.1) is 64.4 Å². The molecule has 11 N–H and O–H groups in total. The van der Waals surface area contributed by atoms with Crippen molar-refractivity contribution in [2.45, 2.75) is 163 Å². The van der Waals surface area contributed by atoms with Crippen molar-refractivity contribution in [2.24, 2.45) is 23.2 Å². The SMILES string of the molecule is COP(=O)(O)OCNC(=O)CC(=O)CC(COCC(=O)CCCCS[C@@H]1OC(CO)[C@H](O)[C@H](O)C1C)(COCC(=O)CCCCS[C@@H]1OC(CO)[C@H](O)[C@H](O)C1C)COCC(=O)CCCCS[C@@H]1OC(CO)[C@H](O)[C@H](O)C1C. The van der Waals surface area contributed by atoms with E-state index in [0.29, 0.717) is 55.8 Å². The number of carbonyl (C=O) groups is 5. The number of rotatable bonds is 41. The smallest absolute Gasteiger partial charge is 0.394 e. The molecule has 0 aromatic rings. The molecule has 0 saturated carbocycles. The van der Waals surface area contributed by atoms with E-state index in [-0.39, 0.29) is 56.4 Å². The largest absolute Gasteiger partial charge is 0.473 e. The zero-order valence-electron chi connectivity index (χ0n) is 45.0. The summed E-state index contributed by atoms with van der Waals surface area (Å²) >= 11 is 4.17. The second-order valence-electron chi connectivity index (χ2n) is 20.2. The molecule has 0 bridgehead atoms. The van der Waals surface area contributed by atoms with Gasteiger partial charge >= 0.3 is 7.82 Å². The normalized spacial score (nSPS) is 31.0. The van der Waals surface area contributed by atoms with Gasteiger partial charge in [0.1, 0.15) is 85.3 Å². The van der Waals surface area contributed by atoms with Crippen molar-refractivity contribution in [1.29, 1.82) is 0 Å². The second kappa shape index (κ2) is 37.1. The molecule has 0 aromatic carbocycles. The molecule has 78 heavy (non-hydrogen) atoms. The van der Waals surface area contributed by atoms with E-state index in [9.17, 15) is 79.4 Å². The highest BCUT2D eigenvalue weighted by atomic mass is 32.2. The molecular weight excluding hydrogens is 1110 g/mol. The molecule has 3 heterocycles. The third-order valence-electron chi connectivity index (χ3n) is 13.6. The molecule has 0 radical (unpaired) electrons. The Morgan fingerprint density at radius 3 is 1.18 bits per heavy atom. The second-order valence-corrected chi connectivity index (χ2v) is 25.4. The van der Waals surface area contributed by atoms with Crippen LogP contribution < -0.4 is 5.32 Å². The maximum absolute atomic E-state index is 13.6. The van der Waals surface area contributed by atoms with Crippen molar-refractivity contribution in [3.8, 4) is 0 Å². The van der Waals surface area contributed by atoms with Crippen LogP contribution in [0, 0.1) is 23.2 Å². The predicted molar refractivity (Wildman–Crippen MR) is 285 cm³/mol. The van der Waals surface area contributed by atoms with Crippen LogP contribution in [0.2, 0.25) is 0 Å². The average Bonchev–Trinajstić information content (AvgIpc) is 3.40. The topological polar surface area (TPSA) is 391 Å². The van der Waals surface area contributed by atoms with Crippen LogP contribution in [0.4, 0.5) is 0 Å². The molecule has 0 spiro atoms. The fraction of sp³-hybridized carbons (Fsp3) is 0.898. The Labute approximate surface area is 468 Å². The molecule has 3 aliphatic rings. The molecule has 25 nitrogen and oxygen atoms in total. The van der Waals surface area contributed by atoms with Crippen molar-refractivity contribution in [2.75, 3.05) is 90.6 Å². The lowest BCUT2D eigenvalue weighted by atomic mass is 9.84. The van der Waals surface area contributed by atoms with Gasteiger partial charge in [-0.3, -0.25) is 33.0 Å². The van der Waals surface area contributed by atoms with Crippen LogP contribution in [-0.4, -0.2) is 242 Å². The number of aliphatic hydroxyl groups excluding tert-OH is 9. The summed E-state index contributed by atoms with van der Waals surface area (Å²) in [5.41, 5.74) is -2.94. The fourth-order valence-electron chi connectivity index (χ4n) is 8.71. The number of phosphoric acid groups is 1. The number of hydrogen-bond acceptors (Lipinski definition) is 26. The molecule has 29 heteroatoms. The zero-order valence-corrected chi connectivity index (χ0v) is 48.3. The molecule has 3 fully saturated rings. The van der Waals surface area contributed by atoms with E-state index in [4.69, 9.17) is 28.4 Å². The van der Waals surface area contributed by atoms with Crippen LogP contribution in [0.3, 0.4) is 0 Å². The lowest BCUT2D eigenvalue weighted by Crippen LogP contribution is -2.53. The maximum atomic E-state index is 13.6. The van der Waals surface area contributed by atoms with Crippen LogP contribution in [0.1, 0.15) is 91.4 Å². The molecule has 3 rings (SSSR count). The minimum absolute atomic E-state index is 0.106. The van der Waals surface area contributed by atoms with Gasteiger partial charge in [-0.05, 0) is 55.8 Å². The van der Waals surface area contributed by atoms with E-state index in [0.717, 1.165) is 7.11 Å². The number of thioether (sulfide) groups is 3. The summed E-state index contributed by atoms with van der Waals surface area (Å²) in [6.45, 7) is 0.722. The van der Waals surface area contributed by atoms with Crippen molar-refractivity contribution in [3.05, 3.63) is 0 Å². The summed E-state index contributed by atoms with van der Waals surface area (Å²) in [6, 6.07) is 0. The monoisotopic (exact) mass is 1200 g/mol. The fourth-order valence-corrected chi connectivity index (χ4v) is 12.9. The first-order valence-electron chi connectivity index (χ1n) is 26.3. The molecule has 1 amide bonds. The Bertz CT molecular complexity index is 1690. The van der Waals surface area contributed by atoms with Crippen molar-refractivity contribution < 1.29 is 117 Å². The van der Waals surface area contributed by atoms with Gasteiger partial charge in [0, 0.05) is 56.0 Å². The molecule has 0 aliphatic carbocycles. The molecule has 16 atom stereocenters. The highest BCUT2D eigenvalue weighted by Crippen LogP contribution is 2.41. The number of Topliss-reactive ketones (excluding diaryl/α,β-unsaturated/α-hetero) is 4. The molecule has 454 valence electrons. The molecule has 0 aromatic heterocycles. The number of hydrogen-bond donors (Lipinski definition) is 11. The standard InChI is InChI=1S/C49H86NO24PS3/c1-29-40(59)43(62)36(19-51)72-46(29)76-14-8-5-11-32(54)22-68-25-49(18-35(57)17-39(58)50-28-71-75(65,66)67-4,26-69-23-33(55)12-6-9-15-77-47-30(2)41(60)44(63)37(20-52)73-47)27-70-24-34(56)13-7-10-16-78-48-31(3)42(61)45(64)38(21-53)74-48/h29-31,36-38,40-48,51-53,59-64H,5-28H2,1-4H3,(H,50,58)(H,65,66)/t29?,30?,31?,36?,37?,38?,40-,41-,42-,43+,44+,45+,46+,47+,48+,49?/m1/s1. The van der Waals surface area contributed by atoms with Gasteiger partial charge in [-0.1, -0.05) is 20.8 Å². The maximum Gasteiger partial charge on any atom is 0.473 e. The number of unbranched alkanes of at least 4 members (excludes halogenated alkanes) is 3. The van der Waals surface area contributed by atoms with Crippen molar-refractivity contribution in [1.82, 2.24) is 5.32 Å². The number of amides is 1. The lowest BCUT2D eigenvalue weighted by Gasteiger charge is -2.40. The van der Waals surface area contributed by atoms with Crippen LogP contribution in [0.5, 0.6) is 0 Å². The van der Waals surface area contributed by atoms with E-state index >= 15 is 0 Å². The minimum atomic E-state index is -4.46. The number of ether oxygens (including phenoxy) is 6. The molecule has 3 saturated heterocycles.